The number of phenolic OH excluding ortho intramolecular Hbond substituents is 1. The van der Waals surface area contributed by atoms with E-state index in [2.05, 4.69) is 55.4 Å². The second-order valence-corrected chi connectivity index (χ2v) is 23.0. The molecule has 1 saturated heterocycles. The number of allylic oxidation sites excluding steroid dienone is 2. The van der Waals surface area contributed by atoms with Crippen LogP contribution < -0.4 is 10.6 Å². The fourth-order valence-corrected chi connectivity index (χ4v) is 12.5. The number of fused-ring (bicyclic) bond motifs is 6. The van der Waals surface area contributed by atoms with E-state index in [0.29, 0.717) is 44.1 Å². The minimum absolute atomic E-state index is 0.0256. The summed E-state index contributed by atoms with van der Waals surface area (Å²) in [5, 5.41) is 113. The van der Waals surface area contributed by atoms with Crippen LogP contribution in [0.5, 0.6) is 5.75 Å². The molecule has 412 valence electrons. The summed E-state index contributed by atoms with van der Waals surface area (Å²) < 4.78 is 0. The summed E-state index contributed by atoms with van der Waals surface area (Å²) in [6.45, 7) is 11.8. The summed E-state index contributed by atoms with van der Waals surface area (Å²) in [5.41, 5.74) is 4.01. The third kappa shape index (κ3) is 15.6. The summed E-state index contributed by atoms with van der Waals surface area (Å²) in [6.07, 6.45) is 4.90. The number of unbranched alkanes of at least 4 members (excludes halogenated alkanes) is 1. The molecule has 0 unspecified atom stereocenters. The van der Waals surface area contributed by atoms with Crippen LogP contribution in [0.3, 0.4) is 0 Å². The zero-order chi connectivity index (χ0) is 54.5. The number of carboxylic acid groups (broad SMARTS) is 1. The van der Waals surface area contributed by atoms with Crippen LogP contribution in [0.2, 0.25) is 0 Å². The Bertz CT molecular complexity index is 2410. The van der Waals surface area contributed by atoms with Gasteiger partial charge in [0.2, 0.25) is 0 Å². The van der Waals surface area contributed by atoms with E-state index < -0.39 is 84.1 Å². The van der Waals surface area contributed by atoms with Crippen molar-refractivity contribution in [3.05, 3.63) is 123 Å². The summed E-state index contributed by atoms with van der Waals surface area (Å²) in [4.78, 5) is 12.8. The molecule has 0 saturated carbocycles. The number of carboxylic acids is 1. The van der Waals surface area contributed by atoms with Crippen LogP contribution in [0.4, 0.5) is 0 Å². The molecule has 0 aromatic heterocycles. The van der Waals surface area contributed by atoms with E-state index in [9.17, 15) is 50.8 Å². The lowest BCUT2D eigenvalue weighted by Crippen LogP contribution is -2.67. The maximum absolute atomic E-state index is 14.2. The standard InChI is InChI=1S/C63H90N2O10/c1-7-9-15-56(69)57(70)32-26-46-23-22-45-13-10-12-44(8-2)50(45)14-11-34-63(62(6,75)54(30-16-40(3)4)47-24-27-48(67)28-25-47)38-43-20-18-42(19-21-43)35-59(72)51-29-17-41(5)64-61(53(51)37-60(73)74)58(71)33-31-55(65-63)52(46)36-49(68)39-66/h10,12-13,18-21,24-28,32,40-41,49,51,53-59,61,64-72,75H,7-9,15-17,22-23,29-31,33-39H2,1-6H3,(H,73,74)/b32-26+,52-46+/t41-,49+,51-,53+,54-,55-,56+,57-,58+,59-,61-,62+,63-/m1/s1. The molecular formula is C63H90N2O10. The van der Waals surface area contributed by atoms with Crippen LogP contribution >= 0.6 is 0 Å². The molecule has 7 rings (SSSR count). The number of aromatic hydroxyl groups is 1. The highest BCUT2D eigenvalue weighted by Crippen LogP contribution is 2.46. The smallest absolute Gasteiger partial charge is 0.303 e. The second kappa shape index (κ2) is 27.8. The lowest BCUT2D eigenvalue weighted by Gasteiger charge is -2.52. The lowest BCUT2D eigenvalue weighted by molar-refractivity contribution is -0.139. The molecule has 0 aliphatic carbocycles. The lowest BCUT2D eigenvalue weighted by atomic mass is 9.63. The molecule has 3 aromatic carbocycles. The van der Waals surface area contributed by atoms with Gasteiger partial charge in [0.05, 0.1) is 54.7 Å². The third-order valence-electron chi connectivity index (χ3n) is 17.0. The number of hydrogen-bond donors (Lipinski definition) is 11. The van der Waals surface area contributed by atoms with Crippen LogP contribution in [0.25, 0.3) is 0 Å². The number of benzene rings is 3. The van der Waals surface area contributed by atoms with Crippen LogP contribution in [0.15, 0.2) is 90.0 Å². The van der Waals surface area contributed by atoms with E-state index in [4.69, 9.17) is 0 Å². The maximum Gasteiger partial charge on any atom is 0.303 e. The normalized spacial score (nSPS) is 28.4. The van der Waals surface area contributed by atoms with Crippen LogP contribution in [0, 0.1) is 29.6 Å². The number of aliphatic hydroxyl groups is 7. The predicted octanol–water partition coefficient (Wildman–Crippen LogP) is 7.97. The number of carbonyl (C=O) groups is 1. The molecule has 12 nitrogen and oxygen atoms in total. The molecule has 4 heterocycles. The van der Waals surface area contributed by atoms with Gasteiger partial charge in [0.1, 0.15) is 5.75 Å². The molecule has 11 N–H and O–H groups in total. The van der Waals surface area contributed by atoms with Gasteiger partial charge in [-0.15, -0.1) is 0 Å². The van der Waals surface area contributed by atoms with Gasteiger partial charge < -0.3 is 56.6 Å². The van der Waals surface area contributed by atoms with Gasteiger partial charge in [0.15, 0.2) is 0 Å². The minimum Gasteiger partial charge on any atom is -0.508 e. The first-order chi connectivity index (χ1) is 35.8. The van der Waals surface area contributed by atoms with Gasteiger partial charge in [0, 0.05) is 36.0 Å². The Morgan fingerprint density at radius 1 is 0.907 bits per heavy atom. The first-order valence-corrected chi connectivity index (χ1v) is 28.1. The van der Waals surface area contributed by atoms with E-state index in [1.807, 2.05) is 69.3 Å². The first kappa shape index (κ1) is 59.8. The van der Waals surface area contributed by atoms with E-state index in [0.717, 1.165) is 64.6 Å². The van der Waals surface area contributed by atoms with Gasteiger partial charge in [-0.3, -0.25) is 4.79 Å². The Kier molecular flexibility index (Phi) is 22.2. The molecule has 12 heteroatoms. The average Bonchev–Trinajstić information content (AvgIpc) is 3.54. The van der Waals surface area contributed by atoms with Gasteiger partial charge in [-0.1, -0.05) is 126 Å². The quantitative estimate of drug-likeness (QED) is 0.0547. The Hall–Kier alpha value is -4.39. The van der Waals surface area contributed by atoms with Crippen molar-refractivity contribution in [2.24, 2.45) is 17.8 Å². The van der Waals surface area contributed by atoms with E-state index in [1.54, 1.807) is 18.2 Å². The highest BCUT2D eigenvalue weighted by Gasteiger charge is 2.53. The van der Waals surface area contributed by atoms with Crippen LogP contribution in [-0.4, -0.2) is 118 Å². The molecule has 4 aliphatic heterocycles. The van der Waals surface area contributed by atoms with Crippen molar-refractivity contribution in [2.75, 3.05) is 6.61 Å². The highest BCUT2D eigenvalue weighted by molar-refractivity contribution is 5.67. The Labute approximate surface area is 447 Å². The van der Waals surface area contributed by atoms with Gasteiger partial charge >= 0.3 is 5.97 Å². The number of phenols is 1. The zero-order valence-electron chi connectivity index (χ0n) is 45.6. The molecular weight excluding hydrogens is 945 g/mol. The highest BCUT2D eigenvalue weighted by atomic mass is 16.4. The number of rotatable bonds is 18. The largest absolute Gasteiger partial charge is 0.508 e. The number of aryl methyl sites for hydroxylation is 2. The van der Waals surface area contributed by atoms with Crippen LogP contribution in [-0.2, 0) is 30.5 Å². The average molecular weight is 1040 g/mol. The second-order valence-electron chi connectivity index (χ2n) is 23.0. The third-order valence-corrected chi connectivity index (χ3v) is 17.0. The molecule has 1 fully saturated rings. The number of nitrogens with one attached hydrogen (secondary N) is 2. The fourth-order valence-electron chi connectivity index (χ4n) is 12.5. The van der Waals surface area contributed by atoms with E-state index in [-0.39, 0.29) is 62.7 Å². The van der Waals surface area contributed by atoms with E-state index >= 15 is 0 Å². The Balaban J connectivity index is 1.72. The minimum atomic E-state index is -1.64. The zero-order valence-corrected chi connectivity index (χ0v) is 45.6. The Morgan fingerprint density at radius 2 is 1.63 bits per heavy atom. The molecule has 75 heavy (non-hydrogen) atoms. The van der Waals surface area contributed by atoms with Crippen molar-refractivity contribution in [2.45, 2.75) is 216 Å². The van der Waals surface area contributed by atoms with Gasteiger partial charge in [-0.25, -0.2) is 0 Å². The number of aliphatic carboxylic acids is 1. The first-order valence-electron chi connectivity index (χ1n) is 28.1. The molecule has 3 aromatic rings. The molecule has 0 spiro atoms. The molecule has 6 bridgehead atoms. The van der Waals surface area contributed by atoms with Crippen molar-refractivity contribution < 1.29 is 50.8 Å². The summed E-state index contributed by atoms with van der Waals surface area (Å²) in [6, 6.07) is 19.7. The molecule has 4 aliphatic rings. The number of aliphatic hydroxyl groups excluding tert-OH is 6. The summed E-state index contributed by atoms with van der Waals surface area (Å²) in [5.74, 6) is 5.05. The van der Waals surface area contributed by atoms with Crippen molar-refractivity contribution in [1.29, 1.82) is 0 Å². The molecule has 0 radical (unpaired) electrons. The van der Waals surface area contributed by atoms with Crippen molar-refractivity contribution in [3.63, 3.8) is 0 Å². The Morgan fingerprint density at radius 3 is 2.29 bits per heavy atom. The maximum atomic E-state index is 14.2. The topological polar surface area (TPSA) is 223 Å². The molecule has 0 amide bonds. The van der Waals surface area contributed by atoms with Crippen molar-refractivity contribution in [1.82, 2.24) is 10.6 Å². The van der Waals surface area contributed by atoms with Gasteiger partial charge in [-0.05, 0) is 160 Å². The summed E-state index contributed by atoms with van der Waals surface area (Å²) in [7, 11) is 0. The van der Waals surface area contributed by atoms with Gasteiger partial charge in [-0.2, -0.15) is 0 Å². The summed E-state index contributed by atoms with van der Waals surface area (Å²) >= 11 is 0. The fraction of sp³-hybridized carbons (Fsp3) is 0.603. The molecule has 13 atom stereocenters. The predicted molar refractivity (Wildman–Crippen MR) is 296 cm³/mol. The van der Waals surface area contributed by atoms with Gasteiger partial charge in [0.25, 0.3) is 0 Å². The van der Waals surface area contributed by atoms with Crippen LogP contribution in [0.1, 0.15) is 164 Å². The number of hydrogen-bond acceptors (Lipinski definition) is 11. The van der Waals surface area contributed by atoms with E-state index in [1.165, 1.54) is 0 Å². The van der Waals surface area contributed by atoms with Crippen molar-refractivity contribution >= 4 is 5.97 Å². The van der Waals surface area contributed by atoms with Crippen molar-refractivity contribution in [3.8, 4) is 17.6 Å². The SMILES string of the molecule is CCCC[C@H](O)[C@H](O)/C=C/C1=C(\C[C@H](O)CO)[C@H]2CC[C@H](O)[C@@H]3N[C@H](C)CC[C@H]([C@@H]3CC(=O)O)[C@H](O)Cc3ccc(cc3)C[C@@]([C@@](C)(O)[C@H](CCC(C)C)c3ccc(O)cc3)(CC#Cc3c(CC)cccc3CC1)N2. The monoisotopic (exact) mass is 1030 g/mol.